The number of ether oxygens (including phenoxy) is 1. The maximum atomic E-state index is 12.9. The minimum atomic E-state index is -0.574. The molecule has 0 aliphatic heterocycles. The molecule has 128 valence electrons. The van der Waals surface area contributed by atoms with Crippen LogP contribution in [0.15, 0.2) is 42.5 Å². The van der Waals surface area contributed by atoms with Crippen LogP contribution in [0.1, 0.15) is 11.3 Å². The second-order valence-corrected chi connectivity index (χ2v) is 6.35. The van der Waals surface area contributed by atoms with Gasteiger partial charge in [0.1, 0.15) is 5.82 Å². The van der Waals surface area contributed by atoms with E-state index in [9.17, 15) is 14.3 Å². The zero-order valence-electron chi connectivity index (χ0n) is 13.4. The normalized spacial score (nSPS) is 12.5. The van der Waals surface area contributed by atoms with Crippen LogP contribution >= 0.6 is 11.3 Å². The summed E-state index contributed by atoms with van der Waals surface area (Å²) in [5.41, 5.74) is 0.942. The number of hydrogen-bond acceptors (Lipinski definition) is 4. The Morgan fingerprint density at radius 1 is 1.33 bits per heavy atom. The number of hydrogen-bond donors (Lipinski definition) is 2. The summed E-state index contributed by atoms with van der Waals surface area (Å²) in [5, 5.41) is 12.2. The van der Waals surface area contributed by atoms with Crippen LogP contribution in [-0.2, 0) is 9.53 Å². The van der Waals surface area contributed by atoms with Crippen LogP contribution in [0, 0.1) is 5.82 Å². The summed E-state index contributed by atoms with van der Waals surface area (Å²) in [4.78, 5) is 13.7. The molecule has 2 aromatic rings. The summed E-state index contributed by atoms with van der Waals surface area (Å²) in [6.45, 7) is 0.645. The van der Waals surface area contributed by atoms with Gasteiger partial charge in [0.25, 0.3) is 0 Å². The first-order chi connectivity index (χ1) is 11.6. The van der Waals surface area contributed by atoms with Crippen molar-refractivity contribution in [2.75, 3.05) is 20.3 Å². The van der Waals surface area contributed by atoms with E-state index >= 15 is 0 Å². The maximum Gasteiger partial charge on any atom is 0.244 e. The monoisotopic (exact) mass is 349 g/mol. The van der Waals surface area contributed by atoms with E-state index in [0.717, 1.165) is 15.3 Å². The van der Waals surface area contributed by atoms with Gasteiger partial charge in [-0.2, -0.15) is 0 Å². The average molecular weight is 349 g/mol. The first kappa shape index (κ1) is 18.3. The van der Waals surface area contributed by atoms with E-state index in [0.29, 0.717) is 13.0 Å². The molecule has 1 heterocycles. The zero-order valence-corrected chi connectivity index (χ0v) is 14.2. The van der Waals surface area contributed by atoms with Crippen LogP contribution in [-0.4, -0.2) is 37.4 Å². The lowest BCUT2D eigenvalue weighted by Crippen LogP contribution is -2.27. The molecule has 0 aliphatic rings. The van der Waals surface area contributed by atoms with E-state index in [-0.39, 0.29) is 18.3 Å². The summed E-state index contributed by atoms with van der Waals surface area (Å²) in [5.74, 6) is -0.473. The van der Waals surface area contributed by atoms with Gasteiger partial charge in [0, 0.05) is 29.5 Å². The number of amides is 1. The third-order valence-electron chi connectivity index (χ3n) is 3.29. The van der Waals surface area contributed by atoms with Crippen molar-refractivity contribution in [3.63, 3.8) is 0 Å². The molecule has 2 N–H and O–H groups in total. The summed E-state index contributed by atoms with van der Waals surface area (Å²) >= 11 is 1.52. The minimum Gasteiger partial charge on any atom is -0.391 e. The van der Waals surface area contributed by atoms with Gasteiger partial charge in [-0.3, -0.25) is 4.79 Å². The van der Waals surface area contributed by atoms with Crippen molar-refractivity contribution in [3.05, 3.63) is 53.2 Å². The van der Waals surface area contributed by atoms with Gasteiger partial charge in [0.2, 0.25) is 5.91 Å². The van der Waals surface area contributed by atoms with Gasteiger partial charge >= 0.3 is 0 Å². The highest BCUT2D eigenvalue weighted by Crippen LogP contribution is 2.28. The molecule has 2 rings (SSSR count). The Kier molecular flexibility index (Phi) is 7.11. The third kappa shape index (κ3) is 5.88. The lowest BCUT2D eigenvalue weighted by Gasteiger charge is -2.08. The Balaban J connectivity index is 1.84. The highest BCUT2D eigenvalue weighted by molar-refractivity contribution is 7.16. The SMILES string of the molecule is COCC(O)CCNC(=O)/C=C/c1ccc(-c2ccc(F)cc2)s1. The van der Waals surface area contributed by atoms with Crippen molar-refractivity contribution in [2.24, 2.45) is 0 Å². The predicted molar refractivity (Wildman–Crippen MR) is 94.3 cm³/mol. The Hall–Kier alpha value is -2.02. The van der Waals surface area contributed by atoms with Crippen LogP contribution in [0.4, 0.5) is 4.39 Å². The maximum absolute atomic E-state index is 12.9. The molecule has 6 heteroatoms. The standard InChI is InChI=1S/C18H20FNO3S/c1-23-12-15(21)10-11-20-18(22)9-7-16-6-8-17(24-16)13-2-4-14(19)5-3-13/h2-9,15,21H,10-12H2,1H3,(H,20,22)/b9-7+. The number of aliphatic hydroxyl groups excluding tert-OH is 1. The molecule has 0 radical (unpaired) electrons. The van der Waals surface area contributed by atoms with Crippen molar-refractivity contribution in [1.82, 2.24) is 5.32 Å². The van der Waals surface area contributed by atoms with Gasteiger partial charge in [-0.05, 0) is 42.3 Å². The number of carbonyl (C=O) groups is 1. The Morgan fingerprint density at radius 2 is 2.08 bits per heavy atom. The highest BCUT2D eigenvalue weighted by Gasteiger charge is 2.04. The third-order valence-corrected chi connectivity index (χ3v) is 4.39. The van der Waals surface area contributed by atoms with E-state index in [1.165, 1.54) is 36.7 Å². The van der Waals surface area contributed by atoms with E-state index < -0.39 is 6.10 Å². The molecule has 24 heavy (non-hydrogen) atoms. The summed E-state index contributed by atoms with van der Waals surface area (Å²) in [6, 6.07) is 10.2. The molecule has 0 fully saturated rings. The Labute approximate surface area is 144 Å². The van der Waals surface area contributed by atoms with E-state index in [4.69, 9.17) is 4.74 Å². The molecule has 0 spiro atoms. The van der Waals surface area contributed by atoms with Crippen molar-refractivity contribution >= 4 is 23.3 Å². The van der Waals surface area contributed by atoms with Gasteiger partial charge in [-0.15, -0.1) is 11.3 Å². The van der Waals surface area contributed by atoms with Gasteiger partial charge in [0.15, 0.2) is 0 Å². The molecule has 0 saturated carbocycles. The molecular formula is C18H20FNO3S. The van der Waals surface area contributed by atoms with E-state index in [2.05, 4.69) is 5.32 Å². The summed E-state index contributed by atoms with van der Waals surface area (Å²) < 4.78 is 17.8. The molecule has 0 saturated heterocycles. The second kappa shape index (κ2) is 9.32. The van der Waals surface area contributed by atoms with Crippen molar-refractivity contribution in [3.8, 4) is 10.4 Å². The molecule has 1 atom stereocenters. The fourth-order valence-corrected chi connectivity index (χ4v) is 2.98. The van der Waals surface area contributed by atoms with Crippen LogP contribution in [0.25, 0.3) is 16.5 Å². The fourth-order valence-electron chi connectivity index (χ4n) is 2.07. The van der Waals surface area contributed by atoms with Crippen LogP contribution in [0.5, 0.6) is 0 Å². The van der Waals surface area contributed by atoms with Crippen LogP contribution in [0.3, 0.4) is 0 Å². The topological polar surface area (TPSA) is 58.6 Å². The number of halogens is 1. The largest absolute Gasteiger partial charge is 0.391 e. The zero-order chi connectivity index (χ0) is 17.4. The number of thiophene rings is 1. The Morgan fingerprint density at radius 3 is 2.79 bits per heavy atom. The molecule has 1 aromatic heterocycles. The molecule has 1 amide bonds. The van der Waals surface area contributed by atoms with E-state index in [1.54, 1.807) is 18.2 Å². The van der Waals surface area contributed by atoms with E-state index in [1.807, 2.05) is 12.1 Å². The van der Waals surface area contributed by atoms with Crippen molar-refractivity contribution < 1.29 is 19.0 Å². The number of nitrogens with one attached hydrogen (secondary N) is 1. The predicted octanol–water partition coefficient (Wildman–Crippen LogP) is 3.08. The second-order valence-electron chi connectivity index (χ2n) is 5.23. The van der Waals surface area contributed by atoms with Crippen molar-refractivity contribution in [2.45, 2.75) is 12.5 Å². The number of methoxy groups -OCH3 is 1. The van der Waals surface area contributed by atoms with Gasteiger partial charge in [-0.25, -0.2) is 4.39 Å². The Bertz CT molecular complexity index is 682. The molecular weight excluding hydrogens is 329 g/mol. The van der Waals surface area contributed by atoms with Crippen LogP contribution in [0.2, 0.25) is 0 Å². The fraction of sp³-hybridized carbons (Fsp3) is 0.278. The first-order valence-corrected chi connectivity index (χ1v) is 8.39. The minimum absolute atomic E-state index is 0.212. The molecule has 0 aliphatic carbocycles. The smallest absolute Gasteiger partial charge is 0.244 e. The lowest BCUT2D eigenvalue weighted by atomic mass is 10.2. The lowest BCUT2D eigenvalue weighted by molar-refractivity contribution is -0.116. The average Bonchev–Trinajstić information content (AvgIpc) is 3.03. The highest BCUT2D eigenvalue weighted by atomic mass is 32.1. The number of rotatable bonds is 8. The van der Waals surface area contributed by atoms with Crippen molar-refractivity contribution in [1.29, 1.82) is 0 Å². The molecule has 4 nitrogen and oxygen atoms in total. The summed E-state index contributed by atoms with van der Waals surface area (Å²) in [7, 11) is 1.52. The summed E-state index contributed by atoms with van der Waals surface area (Å²) in [6.07, 6.45) is 3.07. The van der Waals surface area contributed by atoms with Gasteiger partial charge < -0.3 is 15.2 Å². The molecule has 1 aromatic carbocycles. The molecule has 1 unspecified atom stereocenters. The number of benzene rings is 1. The molecule has 0 bridgehead atoms. The van der Waals surface area contributed by atoms with Crippen LogP contribution < -0.4 is 5.32 Å². The first-order valence-electron chi connectivity index (χ1n) is 7.57. The number of aliphatic hydroxyl groups is 1. The number of carbonyl (C=O) groups excluding carboxylic acids is 1. The van der Waals surface area contributed by atoms with Gasteiger partial charge in [-0.1, -0.05) is 12.1 Å². The quantitative estimate of drug-likeness (QED) is 0.720. The van der Waals surface area contributed by atoms with Gasteiger partial charge in [0.05, 0.1) is 12.7 Å².